The van der Waals surface area contributed by atoms with Gasteiger partial charge in [0.05, 0.1) is 16.3 Å². The number of benzene rings is 1. The SMILES string of the molecule is CC(C)NC(=O)CCNc1c(Cl)cccc1C(F)(F)F. The van der Waals surface area contributed by atoms with Crippen LogP contribution in [0.15, 0.2) is 18.2 Å². The third-order valence-corrected chi connectivity index (χ3v) is 2.74. The largest absolute Gasteiger partial charge is 0.418 e. The zero-order valence-corrected chi connectivity index (χ0v) is 11.9. The molecule has 112 valence electrons. The smallest absolute Gasteiger partial charge is 0.383 e. The third kappa shape index (κ3) is 4.92. The second-order valence-electron chi connectivity index (χ2n) is 4.56. The molecule has 0 atom stereocenters. The summed E-state index contributed by atoms with van der Waals surface area (Å²) < 4.78 is 38.4. The van der Waals surface area contributed by atoms with E-state index in [0.29, 0.717) is 0 Å². The van der Waals surface area contributed by atoms with Crippen molar-refractivity contribution in [3.05, 3.63) is 28.8 Å². The number of nitrogens with one attached hydrogen (secondary N) is 2. The number of anilines is 1. The molecule has 0 fully saturated rings. The number of hydrogen-bond acceptors (Lipinski definition) is 2. The highest BCUT2D eigenvalue weighted by molar-refractivity contribution is 6.33. The highest BCUT2D eigenvalue weighted by Gasteiger charge is 2.34. The van der Waals surface area contributed by atoms with E-state index in [2.05, 4.69) is 10.6 Å². The average Bonchev–Trinajstić information content (AvgIpc) is 2.28. The molecule has 0 aliphatic heterocycles. The van der Waals surface area contributed by atoms with Gasteiger partial charge in [0.15, 0.2) is 0 Å². The van der Waals surface area contributed by atoms with Crippen LogP contribution in [0.2, 0.25) is 5.02 Å². The Morgan fingerprint density at radius 1 is 1.35 bits per heavy atom. The van der Waals surface area contributed by atoms with Crippen molar-refractivity contribution in [2.45, 2.75) is 32.5 Å². The van der Waals surface area contributed by atoms with E-state index in [-0.39, 0.29) is 35.6 Å². The Morgan fingerprint density at radius 3 is 2.55 bits per heavy atom. The van der Waals surface area contributed by atoms with Crippen molar-refractivity contribution in [3.63, 3.8) is 0 Å². The minimum atomic E-state index is -4.49. The van der Waals surface area contributed by atoms with Crippen LogP contribution in [-0.2, 0) is 11.0 Å². The van der Waals surface area contributed by atoms with Gasteiger partial charge in [0, 0.05) is 19.0 Å². The van der Waals surface area contributed by atoms with Crippen LogP contribution in [0.3, 0.4) is 0 Å². The van der Waals surface area contributed by atoms with Crippen LogP contribution in [0.1, 0.15) is 25.8 Å². The fourth-order valence-corrected chi connectivity index (χ4v) is 1.88. The van der Waals surface area contributed by atoms with Gasteiger partial charge in [-0.1, -0.05) is 17.7 Å². The fraction of sp³-hybridized carbons (Fsp3) is 0.462. The molecule has 7 heteroatoms. The quantitative estimate of drug-likeness (QED) is 0.871. The van der Waals surface area contributed by atoms with Crippen LogP contribution >= 0.6 is 11.6 Å². The summed E-state index contributed by atoms with van der Waals surface area (Å²) in [5, 5.41) is 5.21. The first-order valence-electron chi connectivity index (χ1n) is 6.10. The molecule has 0 unspecified atom stereocenters. The molecule has 0 aliphatic rings. The van der Waals surface area contributed by atoms with E-state index in [4.69, 9.17) is 11.6 Å². The van der Waals surface area contributed by atoms with Gasteiger partial charge in [-0.3, -0.25) is 4.79 Å². The molecule has 3 nitrogen and oxygen atoms in total. The third-order valence-electron chi connectivity index (χ3n) is 2.42. The van der Waals surface area contributed by atoms with E-state index in [9.17, 15) is 18.0 Å². The van der Waals surface area contributed by atoms with Gasteiger partial charge >= 0.3 is 6.18 Å². The Bertz CT molecular complexity index is 475. The zero-order valence-electron chi connectivity index (χ0n) is 11.1. The summed E-state index contributed by atoms with van der Waals surface area (Å²) in [6, 6.07) is 3.55. The van der Waals surface area contributed by atoms with Crippen molar-refractivity contribution < 1.29 is 18.0 Å². The number of halogens is 4. The molecule has 0 saturated carbocycles. The molecule has 1 rings (SSSR count). The molecule has 0 radical (unpaired) electrons. The highest BCUT2D eigenvalue weighted by Crippen LogP contribution is 2.38. The van der Waals surface area contributed by atoms with Crippen LogP contribution in [0.25, 0.3) is 0 Å². The molecule has 0 bridgehead atoms. The van der Waals surface area contributed by atoms with Gasteiger partial charge < -0.3 is 10.6 Å². The summed E-state index contributed by atoms with van der Waals surface area (Å²) in [7, 11) is 0. The molecule has 0 aliphatic carbocycles. The molecule has 20 heavy (non-hydrogen) atoms. The van der Waals surface area contributed by atoms with Crippen molar-refractivity contribution in [1.29, 1.82) is 0 Å². The van der Waals surface area contributed by atoms with Gasteiger partial charge in [0.2, 0.25) is 5.91 Å². The lowest BCUT2D eigenvalue weighted by Crippen LogP contribution is -2.31. The summed E-state index contributed by atoms with van der Waals surface area (Å²) in [5.41, 5.74) is -1.03. The topological polar surface area (TPSA) is 41.1 Å². The van der Waals surface area contributed by atoms with E-state index < -0.39 is 11.7 Å². The molecule has 1 amide bonds. The molecule has 0 heterocycles. The normalized spacial score (nSPS) is 11.6. The molecule has 1 aromatic rings. The van der Waals surface area contributed by atoms with Crippen molar-refractivity contribution in [1.82, 2.24) is 5.32 Å². The average molecular weight is 309 g/mol. The minimum Gasteiger partial charge on any atom is -0.383 e. The second kappa shape index (κ2) is 6.83. The molecular formula is C13H16ClF3N2O. The Kier molecular flexibility index (Phi) is 5.68. The number of amides is 1. The Labute approximate surface area is 120 Å². The summed E-state index contributed by atoms with van der Waals surface area (Å²) in [4.78, 5) is 11.4. The number of carbonyl (C=O) groups is 1. The summed E-state index contributed by atoms with van der Waals surface area (Å²) >= 11 is 5.77. The minimum absolute atomic E-state index is 0.00597. The Balaban J connectivity index is 2.71. The number of rotatable bonds is 5. The summed E-state index contributed by atoms with van der Waals surface area (Å²) in [5.74, 6) is -0.229. The summed E-state index contributed by atoms with van der Waals surface area (Å²) in [6.45, 7) is 3.69. The van der Waals surface area contributed by atoms with Gasteiger partial charge in [-0.2, -0.15) is 13.2 Å². The maximum absolute atomic E-state index is 12.8. The number of alkyl halides is 3. The van der Waals surface area contributed by atoms with E-state index in [1.807, 2.05) is 0 Å². The van der Waals surface area contributed by atoms with E-state index in [1.165, 1.54) is 12.1 Å². The Morgan fingerprint density at radius 2 is 2.00 bits per heavy atom. The first-order chi connectivity index (χ1) is 9.21. The molecule has 0 spiro atoms. The maximum atomic E-state index is 12.8. The molecule has 0 aromatic heterocycles. The predicted molar refractivity (Wildman–Crippen MR) is 72.8 cm³/mol. The number of hydrogen-bond donors (Lipinski definition) is 2. The van der Waals surface area contributed by atoms with Crippen LogP contribution in [-0.4, -0.2) is 18.5 Å². The van der Waals surface area contributed by atoms with Gasteiger partial charge in [0.1, 0.15) is 0 Å². The number of carbonyl (C=O) groups excluding carboxylic acids is 1. The number of para-hydroxylation sites is 1. The van der Waals surface area contributed by atoms with E-state index >= 15 is 0 Å². The van der Waals surface area contributed by atoms with Gasteiger partial charge in [0.25, 0.3) is 0 Å². The standard InChI is InChI=1S/C13H16ClF3N2O/c1-8(2)19-11(20)6-7-18-12-9(13(15,16)17)4-3-5-10(12)14/h3-5,8,18H,6-7H2,1-2H3,(H,19,20). The van der Waals surface area contributed by atoms with Crippen molar-refractivity contribution in [3.8, 4) is 0 Å². The van der Waals surface area contributed by atoms with Gasteiger partial charge in [-0.25, -0.2) is 0 Å². The van der Waals surface area contributed by atoms with E-state index in [0.717, 1.165) is 6.07 Å². The van der Waals surface area contributed by atoms with Gasteiger partial charge in [-0.05, 0) is 26.0 Å². The van der Waals surface area contributed by atoms with Crippen molar-refractivity contribution in [2.24, 2.45) is 0 Å². The lowest BCUT2D eigenvalue weighted by Gasteiger charge is -2.16. The molecule has 1 aromatic carbocycles. The zero-order chi connectivity index (χ0) is 15.3. The second-order valence-corrected chi connectivity index (χ2v) is 4.97. The highest BCUT2D eigenvalue weighted by atomic mass is 35.5. The van der Waals surface area contributed by atoms with Crippen LogP contribution in [0.4, 0.5) is 18.9 Å². The van der Waals surface area contributed by atoms with Crippen LogP contribution < -0.4 is 10.6 Å². The predicted octanol–water partition coefficient (Wildman–Crippen LogP) is 3.69. The first-order valence-corrected chi connectivity index (χ1v) is 6.48. The first kappa shape index (κ1) is 16.6. The lowest BCUT2D eigenvalue weighted by atomic mass is 10.1. The van der Waals surface area contributed by atoms with Gasteiger partial charge in [-0.15, -0.1) is 0 Å². The summed E-state index contributed by atoms with van der Waals surface area (Å²) in [6.07, 6.45) is -4.42. The Hall–Kier alpha value is -1.43. The molecular weight excluding hydrogens is 293 g/mol. The van der Waals surface area contributed by atoms with Crippen LogP contribution in [0.5, 0.6) is 0 Å². The van der Waals surface area contributed by atoms with E-state index in [1.54, 1.807) is 13.8 Å². The fourth-order valence-electron chi connectivity index (χ4n) is 1.64. The maximum Gasteiger partial charge on any atom is 0.418 e. The van der Waals surface area contributed by atoms with Crippen molar-refractivity contribution >= 4 is 23.2 Å². The lowest BCUT2D eigenvalue weighted by molar-refractivity contribution is -0.137. The van der Waals surface area contributed by atoms with Crippen molar-refractivity contribution in [2.75, 3.05) is 11.9 Å². The molecule has 0 saturated heterocycles. The monoisotopic (exact) mass is 308 g/mol. The van der Waals surface area contributed by atoms with Crippen LogP contribution in [0, 0.1) is 0 Å². The molecule has 2 N–H and O–H groups in total.